The summed E-state index contributed by atoms with van der Waals surface area (Å²) >= 11 is 0. The highest BCUT2D eigenvalue weighted by Gasteiger charge is 2.14. The molecule has 0 radical (unpaired) electrons. The number of nitrogens with zero attached hydrogens (tertiary/aromatic N) is 2. The molecule has 1 rings (SSSR count). The van der Waals surface area contributed by atoms with E-state index in [9.17, 15) is 14.4 Å². The molecule has 0 fully saturated rings. The maximum Gasteiger partial charge on any atom is 0.347 e. The van der Waals surface area contributed by atoms with Crippen LogP contribution in [-0.4, -0.2) is 33.6 Å². The van der Waals surface area contributed by atoms with E-state index >= 15 is 0 Å². The molecule has 0 saturated heterocycles. The van der Waals surface area contributed by atoms with Crippen LogP contribution in [-0.2, 0) is 22.6 Å². The summed E-state index contributed by atoms with van der Waals surface area (Å²) in [5, 5.41) is 11.3. The first-order chi connectivity index (χ1) is 8.86. The predicted octanol–water partition coefficient (Wildman–Crippen LogP) is -0.377. The van der Waals surface area contributed by atoms with Crippen molar-refractivity contribution >= 4 is 11.9 Å². The Morgan fingerprint density at radius 2 is 2.00 bits per heavy atom. The number of amides is 1. The minimum absolute atomic E-state index is 0.147. The van der Waals surface area contributed by atoms with Crippen LogP contribution in [0.2, 0.25) is 0 Å². The highest BCUT2D eigenvalue weighted by atomic mass is 16.4. The number of aryl methyl sites for hydroxylation is 1. The fourth-order valence-corrected chi connectivity index (χ4v) is 1.85. The van der Waals surface area contributed by atoms with Crippen molar-refractivity contribution in [3.8, 4) is 0 Å². The lowest BCUT2D eigenvalue weighted by molar-refractivity contribution is -0.136. The summed E-state index contributed by atoms with van der Waals surface area (Å²) in [5.74, 6) is -1.17. The molecule has 0 unspecified atom stereocenters. The second-order valence-electron chi connectivity index (χ2n) is 4.19. The fourth-order valence-electron chi connectivity index (χ4n) is 1.85. The first-order valence-corrected chi connectivity index (χ1v) is 5.86. The van der Waals surface area contributed by atoms with Gasteiger partial charge in [-0.3, -0.25) is 14.2 Å². The van der Waals surface area contributed by atoms with E-state index in [0.29, 0.717) is 17.0 Å². The highest BCUT2D eigenvalue weighted by Crippen LogP contribution is 2.10. The molecule has 0 bridgehead atoms. The fraction of sp³-hybridized carbons (Fsp3) is 0.500. The van der Waals surface area contributed by atoms with E-state index in [1.165, 1.54) is 11.6 Å². The van der Waals surface area contributed by atoms with E-state index in [4.69, 9.17) is 5.11 Å². The molecule has 1 aromatic rings. The van der Waals surface area contributed by atoms with Gasteiger partial charge in [-0.25, -0.2) is 4.79 Å². The number of aliphatic carboxylic acids is 1. The minimum atomic E-state index is -0.982. The van der Waals surface area contributed by atoms with Gasteiger partial charge in [-0.2, -0.15) is 4.98 Å². The van der Waals surface area contributed by atoms with E-state index in [2.05, 4.69) is 10.3 Å². The summed E-state index contributed by atoms with van der Waals surface area (Å²) < 4.78 is 1.33. The number of carbonyl (C=O) groups excluding carboxylic acids is 1. The van der Waals surface area contributed by atoms with Crippen molar-refractivity contribution in [3.63, 3.8) is 0 Å². The van der Waals surface area contributed by atoms with Gasteiger partial charge in [-0.1, -0.05) is 0 Å². The van der Waals surface area contributed by atoms with Gasteiger partial charge in [-0.05, 0) is 13.8 Å². The van der Waals surface area contributed by atoms with Crippen molar-refractivity contribution < 1.29 is 14.7 Å². The maximum atomic E-state index is 11.8. The van der Waals surface area contributed by atoms with E-state index in [-0.39, 0.29) is 25.3 Å². The van der Waals surface area contributed by atoms with Gasteiger partial charge in [0.2, 0.25) is 5.91 Å². The van der Waals surface area contributed by atoms with Crippen LogP contribution >= 0.6 is 0 Å². The second-order valence-corrected chi connectivity index (χ2v) is 4.19. The van der Waals surface area contributed by atoms with Crippen molar-refractivity contribution in [1.29, 1.82) is 0 Å². The van der Waals surface area contributed by atoms with Gasteiger partial charge in [0.1, 0.15) is 0 Å². The molecule has 2 N–H and O–H groups in total. The third kappa shape index (κ3) is 3.64. The normalized spacial score (nSPS) is 10.3. The lowest BCUT2D eigenvalue weighted by atomic mass is 10.1. The Morgan fingerprint density at radius 1 is 1.37 bits per heavy atom. The molecule has 0 aliphatic rings. The molecule has 1 amide bonds. The van der Waals surface area contributed by atoms with Crippen molar-refractivity contribution in [1.82, 2.24) is 14.9 Å². The van der Waals surface area contributed by atoms with Gasteiger partial charge >= 0.3 is 11.7 Å². The Bertz CT molecular complexity index is 563. The lowest BCUT2D eigenvalue weighted by Gasteiger charge is -2.14. The van der Waals surface area contributed by atoms with Crippen molar-refractivity contribution in [2.45, 2.75) is 33.2 Å². The van der Waals surface area contributed by atoms with Crippen LogP contribution in [0, 0.1) is 13.8 Å². The van der Waals surface area contributed by atoms with Gasteiger partial charge in [-0.15, -0.1) is 0 Å². The zero-order valence-corrected chi connectivity index (χ0v) is 11.2. The van der Waals surface area contributed by atoms with Gasteiger partial charge in [0.15, 0.2) is 0 Å². The number of carbonyl (C=O) groups is 2. The largest absolute Gasteiger partial charge is 0.481 e. The van der Waals surface area contributed by atoms with Crippen LogP contribution in [0.1, 0.15) is 23.4 Å². The van der Waals surface area contributed by atoms with E-state index in [1.807, 2.05) is 0 Å². The van der Waals surface area contributed by atoms with Gasteiger partial charge < -0.3 is 10.4 Å². The summed E-state index contributed by atoms with van der Waals surface area (Å²) in [7, 11) is 1.52. The smallest absolute Gasteiger partial charge is 0.347 e. The molecule has 19 heavy (non-hydrogen) atoms. The van der Waals surface area contributed by atoms with E-state index in [1.54, 1.807) is 13.8 Å². The topological polar surface area (TPSA) is 101 Å². The highest BCUT2D eigenvalue weighted by molar-refractivity contribution is 5.75. The zero-order chi connectivity index (χ0) is 14.6. The first-order valence-electron chi connectivity index (χ1n) is 5.86. The molecule has 104 valence electrons. The molecule has 1 aromatic heterocycles. The predicted molar refractivity (Wildman–Crippen MR) is 68.0 cm³/mol. The molecular weight excluding hydrogens is 250 g/mol. The molecule has 7 heteroatoms. The van der Waals surface area contributed by atoms with E-state index in [0.717, 1.165) is 0 Å². The first kappa shape index (κ1) is 14.9. The standard InChI is InChI=1S/C12H17N3O4/c1-7-9(6-11(17)18)8(2)15(12(19)14-7)5-4-10(16)13-3/h4-6H2,1-3H3,(H,13,16)(H,17,18). The number of hydrogen-bond donors (Lipinski definition) is 2. The Hall–Kier alpha value is -2.18. The van der Waals surface area contributed by atoms with Gasteiger partial charge in [0.05, 0.1) is 6.42 Å². The van der Waals surface area contributed by atoms with Crippen LogP contribution in [0.4, 0.5) is 0 Å². The average molecular weight is 267 g/mol. The summed E-state index contributed by atoms with van der Waals surface area (Å²) in [5.41, 5.74) is 1.02. The van der Waals surface area contributed by atoms with Gasteiger partial charge in [0.25, 0.3) is 0 Å². The summed E-state index contributed by atoms with van der Waals surface area (Å²) in [4.78, 5) is 37.6. The van der Waals surface area contributed by atoms with Crippen LogP contribution in [0.25, 0.3) is 0 Å². The quantitative estimate of drug-likeness (QED) is 0.757. The molecule has 0 aromatic carbocycles. The number of hydrogen-bond acceptors (Lipinski definition) is 4. The van der Waals surface area contributed by atoms with Crippen LogP contribution in [0.5, 0.6) is 0 Å². The van der Waals surface area contributed by atoms with Gasteiger partial charge in [0, 0.05) is 37.0 Å². The van der Waals surface area contributed by atoms with Crippen molar-refractivity contribution in [3.05, 3.63) is 27.4 Å². The summed E-state index contributed by atoms with van der Waals surface area (Å²) in [6.45, 7) is 3.46. The Kier molecular flexibility index (Phi) is 4.80. The van der Waals surface area contributed by atoms with Crippen LogP contribution < -0.4 is 11.0 Å². The number of carboxylic acid groups (broad SMARTS) is 1. The number of aromatic nitrogens is 2. The molecule has 7 nitrogen and oxygen atoms in total. The molecule has 0 aliphatic carbocycles. The monoisotopic (exact) mass is 267 g/mol. The zero-order valence-electron chi connectivity index (χ0n) is 11.2. The molecule has 0 aliphatic heterocycles. The van der Waals surface area contributed by atoms with Crippen molar-refractivity contribution in [2.24, 2.45) is 0 Å². The third-order valence-corrected chi connectivity index (χ3v) is 2.94. The van der Waals surface area contributed by atoms with Crippen LogP contribution in [0.15, 0.2) is 4.79 Å². The maximum absolute atomic E-state index is 11.8. The van der Waals surface area contributed by atoms with Crippen LogP contribution in [0.3, 0.4) is 0 Å². The van der Waals surface area contributed by atoms with Crippen molar-refractivity contribution in [2.75, 3.05) is 7.05 Å². The second kappa shape index (κ2) is 6.12. The Balaban J connectivity index is 3.13. The molecular formula is C12H17N3O4. The number of carboxylic acids is 1. The minimum Gasteiger partial charge on any atom is -0.481 e. The Morgan fingerprint density at radius 3 is 2.53 bits per heavy atom. The SMILES string of the molecule is CNC(=O)CCn1c(C)c(CC(=O)O)c(C)nc1=O. The number of nitrogens with one attached hydrogen (secondary N) is 1. The average Bonchev–Trinajstić information content (AvgIpc) is 2.33. The molecule has 0 atom stereocenters. The Labute approximate surface area is 110 Å². The molecule has 0 spiro atoms. The summed E-state index contributed by atoms with van der Waals surface area (Å²) in [6.07, 6.45) is -0.0422. The molecule has 1 heterocycles. The molecule has 0 saturated carbocycles. The third-order valence-electron chi connectivity index (χ3n) is 2.94. The lowest BCUT2D eigenvalue weighted by Crippen LogP contribution is -2.30. The summed E-state index contributed by atoms with van der Waals surface area (Å²) in [6, 6.07) is 0. The van der Waals surface area contributed by atoms with E-state index < -0.39 is 11.7 Å². The number of rotatable bonds is 5.